The highest BCUT2D eigenvalue weighted by Gasteiger charge is 2.25. The van der Waals surface area contributed by atoms with E-state index in [0.29, 0.717) is 25.4 Å². The molecule has 0 aromatic heterocycles. The molecule has 1 rings (SSSR count). The van der Waals surface area contributed by atoms with Crippen LogP contribution in [0.3, 0.4) is 0 Å². The quantitative estimate of drug-likeness (QED) is 0.465. The standard InChI is InChI=1S/C20H34FN3O2/c1-5-20(6-2,12-14-25)16-23-19(22-7-3)24(4)13-15-26-18-10-8-17(21)9-11-18/h8-11,25H,5-7,12-16H2,1-4H3,(H,22,23). The van der Waals surface area contributed by atoms with Crippen LogP contribution in [0.1, 0.15) is 40.0 Å². The highest BCUT2D eigenvalue weighted by Crippen LogP contribution is 2.30. The van der Waals surface area contributed by atoms with Crippen LogP contribution >= 0.6 is 0 Å². The first-order valence-corrected chi connectivity index (χ1v) is 9.49. The molecule has 1 aromatic carbocycles. The van der Waals surface area contributed by atoms with E-state index in [2.05, 4.69) is 19.2 Å². The monoisotopic (exact) mass is 367 g/mol. The predicted octanol–water partition coefficient (Wildman–Crippen LogP) is 3.29. The number of nitrogens with zero attached hydrogens (tertiary/aromatic N) is 2. The molecule has 0 spiro atoms. The van der Waals surface area contributed by atoms with Crippen molar-refractivity contribution in [3.8, 4) is 5.75 Å². The van der Waals surface area contributed by atoms with Gasteiger partial charge in [0.2, 0.25) is 0 Å². The highest BCUT2D eigenvalue weighted by molar-refractivity contribution is 5.79. The lowest BCUT2D eigenvalue weighted by Crippen LogP contribution is -2.41. The normalized spacial score (nSPS) is 12.2. The van der Waals surface area contributed by atoms with Gasteiger partial charge in [-0.25, -0.2) is 4.39 Å². The fourth-order valence-electron chi connectivity index (χ4n) is 2.79. The summed E-state index contributed by atoms with van der Waals surface area (Å²) in [7, 11) is 1.97. The maximum atomic E-state index is 12.9. The van der Waals surface area contributed by atoms with Gasteiger partial charge in [0.25, 0.3) is 0 Å². The summed E-state index contributed by atoms with van der Waals surface area (Å²) in [5, 5.41) is 12.7. The van der Waals surface area contributed by atoms with Crippen molar-refractivity contribution in [3.05, 3.63) is 30.1 Å². The van der Waals surface area contributed by atoms with E-state index < -0.39 is 0 Å². The first-order chi connectivity index (χ1) is 12.5. The Bertz CT molecular complexity index is 530. The Hall–Kier alpha value is -1.82. The van der Waals surface area contributed by atoms with Crippen molar-refractivity contribution in [2.75, 3.05) is 39.9 Å². The highest BCUT2D eigenvalue weighted by atomic mass is 19.1. The van der Waals surface area contributed by atoms with Crippen LogP contribution in [0.15, 0.2) is 29.3 Å². The van der Waals surface area contributed by atoms with Crippen LogP contribution in [0.4, 0.5) is 4.39 Å². The van der Waals surface area contributed by atoms with Crippen molar-refractivity contribution in [1.29, 1.82) is 0 Å². The zero-order valence-corrected chi connectivity index (χ0v) is 16.6. The van der Waals surface area contributed by atoms with E-state index in [1.807, 2.05) is 18.9 Å². The number of hydrogen-bond donors (Lipinski definition) is 2. The van der Waals surface area contributed by atoms with E-state index in [4.69, 9.17) is 9.73 Å². The number of aliphatic hydroxyl groups is 1. The number of nitrogens with one attached hydrogen (secondary N) is 1. The van der Waals surface area contributed by atoms with Crippen molar-refractivity contribution >= 4 is 5.96 Å². The number of aliphatic hydroxyl groups excluding tert-OH is 1. The molecule has 1 aromatic rings. The molecule has 0 amide bonds. The molecule has 0 aliphatic heterocycles. The summed E-state index contributed by atoms with van der Waals surface area (Å²) >= 11 is 0. The molecule has 0 aliphatic rings. The Morgan fingerprint density at radius 1 is 1.23 bits per heavy atom. The van der Waals surface area contributed by atoms with Gasteiger partial charge in [-0.1, -0.05) is 13.8 Å². The lowest BCUT2D eigenvalue weighted by atomic mass is 9.79. The molecule has 0 radical (unpaired) electrons. The van der Waals surface area contributed by atoms with Crippen LogP contribution in [0.25, 0.3) is 0 Å². The Kier molecular flexibility index (Phi) is 10.0. The van der Waals surface area contributed by atoms with E-state index in [1.165, 1.54) is 12.1 Å². The summed E-state index contributed by atoms with van der Waals surface area (Å²) in [6.07, 6.45) is 2.75. The molecule has 2 N–H and O–H groups in total. The number of rotatable bonds is 11. The zero-order chi connectivity index (χ0) is 19.4. The van der Waals surface area contributed by atoms with Crippen LogP contribution in [0, 0.1) is 11.2 Å². The summed E-state index contributed by atoms with van der Waals surface area (Å²) in [6.45, 7) is 9.15. The average molecular weight is 368 g/mol. The number of ether oxygens (including phenoxy) is 1. The van der Waals surface area contributed by atoms with Crippen LogP contribution in [0.2, 0.25) is 0 Å². The maximum Gasteiger partial charge on any atom is 0.193 e. The predicted molar refractivity (Wildman–Crippen MR) is 105 cm³/mol. The number of guanidine groups is 1. The maximum absolute atomic E-state index is 12.9. The lowest BCUT2D eigenvalue weighted by Gasteiger charge is -2.30. The van der Waals surface area contributed by atoms with Crippen LogP contribution in [-0.2, 0) is 0 Å². The Labute approximate surface area is 157 Å². The second-order valence-electron chi connectivity index (χ2n) is 6.57. The van der Waals surface area contributed by atoms with Gasteiger partial charge < -0.3 is 20.1 Å². The molecule has 0 atom stereocenters. The Morgan fingerprint density at radius 2 is 1.88 bits per heavy atom. The van der Waals surface area contributed by atoms with E-state index in [0.717, 1.165) is 31.8 Å². The molecular formula is C20H34FN3O2. The molecule has 0 bridgehead atoms. The molecule has 26 heavy (non-hydrogen) atoms. The summed E-state index contributed by atoms with van der Waals surface area (Å²) in [5.74, 6) is 1.22. The van der Waals surface area contributed by atoms with E-state index in [-0.39, 0.29) is 17.8 Å². The third kappa shape index (κ3) is 7.20. The molecule has 0 unspecified atom stereocenters. The molecule has 0 saturated heterocycles. The molecule has 148 valence electrons. The van der Waals surface area contributed by atoms with Gasteiger partial charge in [-0.05, 0) is 55.9 Å². The van der Waals surface area contributed by atoms with E-state index in [9.17, 15) is 9.50 Å². The third-order valence-corrected chi connectivity index (χ3v) is 4.91. The van der Waals surface area contributed by atoms with Gasteiger partial charge in [0.15, 0.2) is 5.96 Å². The van der Waals surface area contributed by atoms with Gasteiger partial charge in [-0.3, -0.25) is 4.99 Å². The minimum absolute atomic E-state index is 0.0425. The van der Waals surface area contributed by atoms with Gasteiger partial charge in [0.1, 0.15) is 18.2 Å². The molecule has 0 saturated carbocycles. The topological polar surface area (TPSA) is 57.1 Å². The largest absolute Gasteiger partial charge is 0.492 e. The van der Waals surface area contributed by atoms with Gasteiger partial charge in [-0.2, -0.15) is 0 Å². The van der Waals surface area contributed by atoms with Crippen molar-refractivity contribution in [2.24, 2.45) is 10.4 Å². The molecule has 5 nitrogen and oxygen atoms in total. The second-order valence-corrected chi connectivity index (χ2v) is 6.57. The number of aliphatic imine (C=N–C) groups is 1. The lowest BCUT2D eigenvalue weighted by molar-refractivity contribution is 0.175. The number of halogens is 1. The zero-order valence-electron chi connectivity index (χ0n) is 16.6. The van der Waals surface area contributed by atoms with Crippen molar-refractivity contribution in [1.82, 2.24) is 10.2 Å². The summed E-state index contributed by atoms with van der Waals surface area (Å²) in [4.78, 5) is 6.83. The van der Waals surface area contributed by atoms with Crippen LogP contribution < -0.4 is 10.1 Å². The van der Waals surface area contributed by atoms with Crippen molar-refractivity contribution in [3.63, 3.8) is 0 Å². The molecular weight excluding hydrogens is 333 g/mol. The molecule has 0 aliphatic carbocycles. The minimum Gasteiger partial charge on any atom is -0.492 e. The third-order valence-electron chi connectivity index (χ3n) is 4.91. The van der Waals surface area contributed by atoms with E-state index >= 15 is 0 Å². The summed E-state index contributed by atoms with van der Waals surface area (Å²) in [5.41, 5.74) is 0.0425. The van der Waals surface area contributed by atoms with Crippen LogP contribution in [0.5, 0.6) is 5.75 Å². The first-order valence-electron chi connectivity index (χ1n) is 9.49. The first kappa shape index (κ1) is 22.2. The van der Waals surface area contributed by atoms with Crippen molar-refractivity contribution in [2.45, 2.75) is 40.0 Å². The number of likely N-dealkylation sites (N-methyl/N-ethyl adjacent to an activating group) is 1. The van der Waals surface area contributed by atoms with Crippen molar-refractivity contribution < 1.29 is 14.2 Å². The minimum atomic E-state index is -0.269. The SMILES string of the molecule is CCNC(=NCC(CC)(CC)CCO)N(C)CCOc1ccc(F)cc1. The van der Waals surface area contributed by atoms with Gasteiger partial charge >= 0.3 is 0 Å². The Morgan fingerprint density at radius 3 is 2.42 bits per heavy atom. The number of hydrogen-bond acceptors (Lipinski definition) is 3. The fourth-order valence-corrected chi connectivity index (χ4v) is 2.79. The van der Waals surface area contributed by atoms with Gasteiger partial charge in [0.05, 0.1) is 6.54 Å². The summed E-state index contributed by atoms with van der Waals surface area (Å²) < 4.78 is 18.6. The van der Waals surface area contributed by atoms with Crippen LogP contribution in [-0.4, -0.2) is 55.9 Å². The second kappa shape index (κ2) is 11.7. The molecule has 0 fully saturated rings. The smallest absolute Gasteiger partial charge is 0.193 e. The molecule has 6 heteroatoms. The van der Waals surface area contributed by atoms with Gasteiger partial charge in [0, 0.05) is 26.7 Å². The van der Waals surface area contributed by atoms with E-state index in [1.54, 1.807) is 12.1 Å². The Balaban J connectivity index is 2.63. The molecule has 0 heterocycles. The number of benzene rings is 1. The average Bonchev–Trinajstić information content (AvgIpc) is 2.65. The fraction of sp³-hybridized carbons (Fsp3) is 0.650. The summed E-state index contributed by atoms with van der Waals surface area (Å²) in [6, 6.07) is 6.03. The van der Waals surface area contributed by atoms with Gasteiger partial charge in [-0.15, -0.1) is 0 Å².